The van der Waals surface area contributed by atoms with Crippen LogP contribution in [0, 0.1) is 0 Å². The van der Waals surface area contributed by atoms with Gasteiger partial charge in [-0.3, -0.25) is 19.2 Å². The number of ketones is 1. The Morgan fingerprint density at radius 1 is 0.750 bits per heavy atom. The number of carbonyl (C=O) groups is 4. The minimum Gasteiger partial charge on any atom is -0.481 e. The van der Waals surface area contributed by atoms with Crippen LogP contribution in [0.3, 0.4) is 0 Å². The summed E-state index contributed by atoms with van der Waals surface area (Å²) in [7, 11) is 0. The minimum atomic E-state index is -1.04. The number of Topliss-reactive ketones (excluding diaryl/α,β-unsaturated/α-hetero) is 1. The van der Waals surface area contributed by atoms with Crippen LogP contribution < -0.4 is 0 Å². The molecule has 16 heavy (non-hydrogen) atoms. The summed E-state index contributed by atoms with van der Waals surface area (Å²) in [6, 6.07) is 0. The van der Waals surface area contributed by atoms with E-state index >= 15 is 0 Å². The third-order valence-corrected chi connectivity index (χ3v) is 1.24. The number of aliphatic carboxylic acids is 3. The Kier molecular flexibility index (Phi) is 9.93. The van der Waals surface area contributed by atoms with Gasteiger partial charge < -0.3 is 15.3 Å². The van der Waals surface area contributed by atoms with Crippen molar-refractivity contribution in [2.75, 3.05) is 0 Å². The van der Waals surface area contributed by atoms with Crippen LogP contribution in [0.15, 0.2) is 0 Å². The van der Waals surface area contributed by atoms with Gasteiger partial charge in [-0.05, 0) is 0 Å². The van der Waals surface area contributed by atoms with Crippen molar-refractivity contribution in [2.45, 2.75) is 32.6 Å². The predicted molar refractivity (Wildman–Crippen MR) is 52.1 cm³/mol. The number of rotatable bonds is 6. The topological polar surface area (TPSA) is 129 Å². The average Bonchev–Trinajstić information content (AvgIpc) is 2.10. The van der Waals surface area contributed by atoms with Crippen LogP contribution in [0.4, 0.5) is 0 Å². The van der Waals surface area contributed by atoms with Crippen LogP contribution >= 0.6 is 0 Å². The second kappa shape index (κ2) is 9.63. The fourth-order valence-electron chi connectivity index (χ4n) is 0.618. The lowest BCUT2D eigenvalue weighted by molar-refractivity contribution is -0.139. The van der Waals surface area contributed by atoms with Crippen molar-refractivity contribution >= 4 is 23.7 Å². The van der Waals surface area contributed by atoms with E-state index in [-0.39, 0.29) is 31.5 Å². The van der Waals surface area contributed by atoms with Gasteiger partial charge in [0, 0.05) is 19.8 Å². The van der Waals surface area contributed by atoms with Gasteiger partial charge >= 0.3 is 11.9 Å². The zero-order chi connectivity index (χ0) is 13.1. The third kappa shape index (κ3) is 22.7. The molecule has 0 aromatic carbocycles. The molecule has 0 radical (unpaired) electrons. The molecule has 0 rings (SSSR count). The summed E-state index contributed by atoms with van der Waals surface area (Å²) in [6.45, 7) is 1.08. The average molecular weight is 234 g/mol. The molecule has 0 spiro atoms. The molecule has 0 heterocycles. The molecular weight excluding hydrogens is 220 g/mol. The summed E-state index contributed by atoms with van der Waals surface area (Å²) in [5.41, 5.74) is 0. The molecule has 0 atom stereocenters. The fraction of sp³-hybridized carbons (Fsp3) is 0.556. The number of carboxylic acids is 3. The lowest BCUT2D eigenvalue weighted by Crippen LogP contribution is -2.05. The lowest BCUT2D eigenvalue weighted by Gasteiger charge is -1.94. The van der Waals surface area contributed by atoms with Crippen LogP contribution in [-0.2, 0) is 19.2 Å². The molecule has 92 valence electrons. The maximum Gasteiger partial charge on any atom is 0.303 e. The molecule has 0 saturated carbocycles. The van der Waals surface area contributed by atoms with E-state index in [1.807, 2.05) is 0 Å². The molecule has 7 heteroatoms. The van der Waals surface area contributed by atoms with Gasteiger partial charge in [0.05, 0.1) is 12.8 Å². The van der Waals surface area contributed by atoms with E-state index < -0.39 is 17.9 Å². The Balaban J connectivity index is 0. The molecule has 0 aromatic rings. The monoisotopic (exact) mass is 234 g/mol. The predicted octanol–water partition coefficient (Wildman–Crippen LogP) is 0.376. The number of hydrogen-bond acceptors (Lipinski definition) is 4. The van der Waals surface area contributed by atoms with Crippen LogP contribution in [0.5, 0.6) is 0 Å². The summed E-state index contributed by atoms with van der Waals surface area (Å²) < 4.78 is 0. The first-order valence-electron chi connectivity index (χ1n) is 4.40. The normalized spacial score (nSPS) is 8.56. The third-order valence-electron chi connectivity index (χ3n) is 1.24. The van der Waals surface area contributed by atoms with Gasteiger partial charge in [0.2, 0.25) is 0 Å². The Labute approximate surface area is 91.7 Å². The van der Waals surface area contributed by atoms with E-state index in [1.165, 1.54) is 0 Å². The van der Waals surface area contributed by atoms with Crippen molar-refractivity contribution in [3.05, 3.63) is 0 Å². The molecule has 0 saturated heterocycles. The van der Waals surface area contributed by atoms with Crippen molar-refractivity contribution in [2.24, 2.45) is 0 Å². The molecule has 0 aliphatic rings. The molecule has 0 aromatic heterocycles. The van der Waals surface area contributed by atoms with Gasteiger partial charge in [-0.1, -0.05) is 0 Å². The Morgan fingerprint density at radius 2 is 1.00 bits per heavy atom. The quantitative estimate of drug-likeness (QED) is 0.605. The van der Waals surface area contributed by atoms with Crippen LogP contribution in [-0.4, -0.2) is 39.0 Å². The Morgan fingerprint density at radius 3 is 1.19 bits per heavy atom. The van der Waals surface area contributed by atoms with Crippen molar-refractivity contribution < 1.29 is 34.5 Å². The van der Waals surface area contributed by atoms with Gasteiger partial charge in [-0.2, -0.15) is 0 Å². The molecule has 0 bridgehead atoms. The maximum absolute atomic E-state index is 10.7. The van der Waals surface area contributed by atoms with E-state index in [0.29, 0.717) is 0 Å². The summed E-state index contributed by atoms with van der Waals surface area (Å²) in [5, 5.41) is 23.8. The number of carbonyl (C=O) groups excluding carboxylic acids is 1. The van der Waals surface area contributed by atoms with Crippen molar-refractivity contribution in [1.82, 2.24) is 0 Å². The zero-order valence-corrected chi connectivity index (χ0v) is 8.80. The minimum absolute atomic E-state index is 0.0807. The molecule has 0 fully saturated rings. The first kappa shape index (κ1) is 16.5. The molecule has 0 aliphatic carbocycles. The van der Waals surface area contributed by atoms with Crippen molar-refractivity contribution in [3.63, 3.8) is 0 Å². The highest BCUT2D eigenvalue weighted by molar-refractivity contribution is 5.84. The standard InChI is InChI=1S/C7H10O5.C2H4O2/c8-5(1-3-6(9)10)2-4-7(11)12;1-2(3)4/h1-4H2,(H,9,10)(H,11,12);1H3,(H,3,4). The summed E-state index contributed by atoms with van der Waals surface area (Å²) in [5.74, 6) is -3.24. The van der Waals surface area contributed by atoms with Crippen LogP contribution in [0.25, 0.3) is 0 Å². The van der Waals surface area contributed by atoms with Gasteiger partial charge in [-0.25, -0.2) is 0 Å². The smallest absolute Gasteiger partial charge is 0.303 e. The van der Waals surface area contributed by atoms with E-state index in [4.69, 9.17) is 20.1 Å². The molecular formula is C9H14O7. The van der Waals surface area contributed by atoms with Crippen molar-refractivity contribution in [3.8, 4) is 0 Å². The second-order valence-corrected chi connectivity index (χ2v) is 2.85. The number of carboxylic acid groups (broad SMARTS) is 3. The highest BCUT2D eigenvalue weighted by atomic mass is 16.4. The van der Waals surface area contributed by atoms with Gasteiger partial charge in [0.15, 0.2) is 0 Å². The van der Waals surface area contributed by atoms with E-state index in [1.54, 1.807) is 0 Å². The van der Waals surface area contributed by atoms with Crippen molar-refractivity contribution in [1.29, 1.82) is 0 Å². The highest BCUT2D eigenvalue weighted by Gasteiger charge is 2.07. The molecule has 0 unspecified atom stereocenters. The first-order valence-corrected chi connectivity index (χ1v) is 4.40. The zero-order valence-electron chi connectivity index (χ0n) is 8.80. The van der Waals surface area contributed by atoms with E-state index in [9.17, 15) is 14.4 Å². The number of hydrogen-bond donors (Lipinski definition) is 3. The fourth-order valence-corrected chi connectivity index (χ4v) is 0.618. The van der Waals surface area contributed by atoms with Gasteiger partial charge in [0.1, 0.15) is 5.78 Å². The first-order chi connectivity index (χ1) is 7.25. The Bertz CT molecular complexity index is 245. The van der Waals surface area contributed by atoms with Crippen LogP contribution in [0.1, 0.15) is 32.6 Å². The maximum atomic E-state index is 10.7. The SMILES string of the molecule is CC(=O)O.O=C(O)CCC(=O)CCC(=O)O. The molecule has 3 N–H and O–H groups in total. The molecule has 0 amide bonds. The second-order valence-electron chi connectivity index (χ2n) is 2.85. The van der Waals surface area contributed by atoms with Gasteiger partial charge in [0.25, 0.3) is 5.97 Å². The Hall–Kier alpha value is -1.92. The molecule has 0 aliphatic heterocycles. The largest absolute Gasteiger partial charge is 0.481 e. The van der Waals surface area contributed by atoms with E-state index in [0.717, 1.165) is 6.92 Å². The molecule has 7 nitrogen and oxygen atoms in total. The van der Waals surface area contributed by atoms with E-state index in [2.05, 4.69) is 0 Å². The lowest BCUT2D eigenvalue weighted by atomic mass is 10.1. The summed E-state index contributed by atoms with van der Waals surface area (Å²) in [6.07, 6.45) is -0.609. The van der Waals surface area contributed by atoms with Crippen LogP contribution in [0.2, 0.25) is 0 Å². The summed E-state index contributed by atoms with van der Waals surface area (Å²) in [4.78, 5) is 39.7. The van der Waals surface area contributed by atoms with Gasteiger partial charge in [-0.15, -0.1) is 0 Å². The highest BCUT2D eigenvalue weighted by Crippen LogP contribution is 1.98. The summed E-state index contributed by atoms with van der Waals surface area (Å²) >= 11 is 0.